The molecule has 0 aliphatic heterocycles. The summed E-state index contributed by atoms with van der Waals surface area (Å²) in [6, 6.07) is 12.3. The van der Waals surface area contributed by atoms with Gasteiger partial charge in [0.05, 0.1) is 10.6 Å². The van der Waals surface area contributed by atoms with Crippen molar-refractivity contribution in [2.24, 2.45) is 0 Å². The monoisotopic (exact) mass is 371 g/mol. The van der Waals surface area contributed by atoms with Crippen LogP contribution in [-0.2, 0) is 14.8 Å². The molecule has 122 valence electrons. The maximum absolute atomic E-state index is 12.8. The number of carboxylic acid groups (broad SMARTS) is 1. The van der Waals surface area contributed by atoms with Crippen molar-refractivity contribution >= 4 is 45.0 Å². The molecular formula is C15H14ClNO4S2. The Morgan fingerprint density at radius 3 is 2.17 bits per heavy atom. The number of carbonyl (C=O) groups is 1. The molecule has 0 spiro atoms. The van der Waals surface area contributed by atoms with Crippen LogP contribution in [0.2, 0.25) is 5.02 Å². The Morgan fingerprint density at radius 2 is 1.70 bits per heavy atom. The summed E-state index contributed by atoms with van der Waals surface area (Å²) in [6.45, 7) is -0.672. The van der Waals surface area contributed by atoms with E-state index >= 15 is 0 Å². The van der Waals surface area contributed by atoms with E-state index in [-0.39, 0.29) is 10.6 Å². The zero-order chi connectivity index (χ0) is 17.0. The van der Waals surface area contributed by atoms with Gasteiger partial charge in [-0.05, 0) is 54.8 Å². The van der Waals surface area contributed by atoms with Gasteiger partial charge in [0.15, 0.2) is 0 Å². The summed E-state index contributed by atoms with van der Waals surface area (Å²) < 4.78 is 26.4. The minimum atomic E-state index is -3.99. The number of nitrogens with zero attached hydrogens (tertiary/aromatic N) is 1. The van der Waals surface area contributed by atoms with E-state index in [0.717, 1.165) is 9.20 Å². The first-order valence-electron chi connectivity index (χ1n) is 6.49. The van der Waals surface area contributed by atoms with E-state index in [1.165, 1.54) is 48.2 Å². The maximum atomic E-state index is 12.8. The number of thioether (sulfide) groups is 1. The van der Waals surface area contributed by atoms with Crippen LogP contribution in [0.5, 0.6) is 0 Å². The van der Waals surface area contributed by atoms with E-state index in [1.54, 1.807) is 12.1 Å². The lowest BCUT2D eigenvalue weighted by Crippen LogP contribution is -2.35. The van der Waals surface area contributed by atoms with E-state index in [1.807, 2.05) is 6.26 Å². The first kappa shape index (κ1) is 17.7. The highest BCUT2D eigenvalue weighted by molar-refractivity contribution is 7.98. The Labute approximate surface area is 143 Å². The van der Waals surface area contributed by atoms with Gasteiger partial charge in [0.1, 0.15) is 6.54 Å². The third kappa shape index (κ3) is 4.19. The molecule has 0 aliphatic carbocycles. The Morgan fingerprint density at radius 1 is 1.13 bits per heavy atom. The molecule has 1 N–H and O–H groups in total. The SMILES string of the molecule is CSc1ccc(S(=O)(=O)N(CC(=O)O)c2ccc(Cl)cc2)cc1. The largest absolute Gasteiger partial charge is 0.480 e. The topological polar surface area (TPSA) is 74.7 Å². The second kappa shape index (κ2) is 7.25. The van der Waals surface area contributed by atoms with Crippen LogP contribution < -0.4 is 4.31 Å². The lowest BCUT2D eigenvalue weighted by atomic mass is 10.3. The molecule has 2 aromatic rings. The first-order valence-corrected chi connectivity index (χ1v) is 9.53. The predicted octanol–water partition coefficient (Wildman–Crippen LogP) is 3.34. The molecule has 2 aromatic carbocycles. The summed E-state index contributed by atoms with van der Waals surface area (Å²) >= 11 is 7.29. The average molecular weight is 372 g/mol. The number of aliphatic carboxylic acids is 1. The summed E-state index contributed by atoms with van der Waals surface area (Å²) in [5.41, 5.74) is 0.241. The van der Waals surface area contributed by atoms with E-state index in [4.69, 9.17) is 16.7 Å². The number of hydrogen-bond acceptors (Lipinski definition) is 4. The van der Waals surface area contributed by atoms with Crippen molar-refractivity contribution < 1.29 is 18.3 Å². The van der Waals surface area contributed by atoms with Crippen LogP contribution in [0.25, 0.3) is 0 Å². The van der Waals surface area contributed by atoms with Gasteiger partial charge in [-0.3, -0.25) is 9.10 Å². The number of hydrogen-bond donors (Lipinski definition) is 1. The van der Waals surface area contributed by atoms with Crippen LogP contribution in [0.15, 0.2) is 58.3 Å². The smallest absolute Gasteiger partial charge is 0.324 e. The van der Waals surface area contributed by atoms with Crippen molar-refractivity contribution in [1.82, 2.24) is 0 Å². The number of sulfonamides is 1. The molecule has 0 saturated heterocycles. The van der Waals surface area contributed by atoms with Crippen LogP contribution in [0, 0.1) is 0 Å². The van der Waals surface area contributed by atoms with Crippen LogP contribution in [0.1, 0.15) is 0 Å². The average Bonchev–Trinajstić information content (AvgIpc) is 2.53. The van der Waals surface area contributed by atoms with Gasteiger partial charge in [0, 0.05) is 9.92 Å². The third-order valence-electron chi connectivity index (χ3n) is 3.04. The molecule has 0 bridgehead atoms. The van der Waals surface area contributed by atoms with Gasteiger partial charge < -0.3 is 5.11 Å². The van der Waals surface area contributed by atoms with E-state index < -0.39 is 22.5 Å². The number of anilines is 1. The molecule has 0 unspecified atom stereocenters. The summed E-state index contributed by atoms with van der Waals surface area (Å²) in [6.07, 6.45) is 1.88. The summed E-state index contributed by atoms with van der Waals surface area (Å²) in [4.78, 5) is 12.0. The zero-order valence-electron chi connectivity index (χ0n) is 12.1. The lowest BCUT2D eigenvalue weighted by molar-refractivity contribution is -0.135. The van der Waals surface area contributed by atoms with E-state index in [9.17, 15) is 13.2 Å². The highest BCUT2D eigenvalue weighted by Crippen LogP contribution is 2.26. The molecule has 23 heavy (non-hydrogen) atoms. The fourth-order valence-corrected chi connectivity index (χ4v) is 3.87. The molecule has 0 amide bonds. The van der Waals surface area contributed by atoms with Gasteiger partial charge in [0.2, 0.25) is 0 Å². The summed E-state index contributed by atoms with van der Waals surface area (Å²) in [5.74, 6) is -1.25. The van der Waals surface area contributed by atoms with Crippen molar-refractivity contribution in [2.75, 3.05) is 17.1 Å². The van der Waals surface area contributed by atoms with Crippen molar-refractivity contribution in [3.63, 3.8) is 0 Å². The van der Waals surface area contributed by atoms with Gasteiger partial charge in [-0.2, -0.15) is 0 Å². The number of rotatable bonds is 6. The van der Waals surface area contributed by atoms with Gasteiger partial charge in [-0.1, -0.05) is 11.6 Å². The fraction of sp³-hybridized carbons (Fsp3) is 0.133. The Kier molecular flexibility index (Phi) is 5.56. The van der Waals surface area contributed by atoms with Crippen LogP contribution in [-0.4, -0.2) is 32.3 Å². The molecular weight excluding hydrogens is 358 g/mol. The molecule has 8 heteroatoms. The van der Waals surface area contributed by atoms with E-state index in [2.05, 4.69) is 0 Å². The third-order valence-corrected chi connectivity index (χ3v) is 5.82. The normalized spacial score (nSPS) is 11.2. The fourth-order valence-electron chi connectivity index (χ4n) is 1.92. The van der Waals surface area contributed by atoms with Gasteiger partial charge >= 0.3 is 5.97 Å². The van der Waals surface area contributed by atoms with Gasteiger partial charge in [0.25, 0.3) is 10.0 Å². The molecule has 0 aliphatic rings. The number of halogens is 1. The van der Waals surface area contributed by atoms with Gasteiger partial charge in [-0.15, -0.1) is 11.8 Å². The Balaban J connectivity index is 2.47. The highest BCUT2D eigenvalue weighted by atomic mass is 35.5. The van der Waals surface area contributed by atoms with Crippen LogP contribution in [0.3, 0.4) is 0 Å². The molecule has 5 nitrogen and oxygen atoms in total. The number of carboxylic acids is 1. The standard InChI is InChI=1S/C15H14ClNO4S2/c1-22-13-6-8-14(9-7-13)23(20,21)17(10-15(18)19)12-4-2-11(16)3-5-12/h2-9H,10H2,1H3,(H,18,19). The van der Waals surface area contributed by atoms with Gasteiger partial charge in [-0.25, -0.2) is 8.42 Å². The zero-order valence-corrected chi connectivity index (χ0v) is 14.5. The van der Waals surface area contributed by atoms with Crippen LogP contribution in [0.4, 0.5) is 5.69 Å². The molecule has 0 saturated carbocycles. The number of benzene rings is 2. The molecule has 0 heterocycles. The quantitative estimate of drug-likeness (QED) is 0.788. The molecule has 0 radical (unpaired) electrons. The molecule has 0 atom stereocenters. The van der Waals surface area contributed by atoms with Crippen molar-refractivity contribution in [3.8, 4) is 0 Å². The van der Waals surface area contributed by atoms with Crippen molar-refractivity contribution in [3.05, 3.63) is 53.6 Å². The second-order valence-corrected chi connectivity index (χ2v) is 7.74. The Bertz CT molecular complexity index is 789. The highest BCUT2D eigenvalue weighted by Gasteiger charge is 2.27. The Hall–Kier alpha value is -1.70. The molecule has 2 rings (SSSR count). The first-order chi connectivity index (χ1) is 10.8. The second-order valence-electron chi connectivity index (χ2n) is 4.56. The molecule has 0 aromatic heterocycles. The minimum Gasteiger partial charge on any atom is -0.480 e. The van der Waals surface area contributed by atoms with Crippen LogP contribution >= 0.6 is 23.4 Å². The predicted molar refractivity (Wildman–Crippen MR) is 91.8 cm³/mol. The van der Waals surface area contributed by atoms with E-state index in [0.29, 0.717) is 5.02 Å². The van der Waals surface area contributed by atoms with Crippen molar-refractivity contribution in [2.45, 2.75) is 9.79 Å². The lowest BCUT2D eigenvalue weighted by Gasteiger charge is -2.22. The minimum absolute atomic E-state index is 0.0338. The maximum Gasteiger partial charge on any atom is 0.324 e. The van der Waals surface area contributed by atoms with Crippen molar-refractivity contribution in [1.29, 1.82) is 0 Å². The molecule has 0 fully saturated rings. The summed E-state index contributed by atoms with van der Waals surface area (Å²) in [7, 11) is -3.99. The summed E-state index contributed by atoms with van der Waals surface area (Å²) in [5, 5.41) is 9.49.